The highest BCUT2D eigenvalue weighted by Crippen LogP contribution is 2.26. The van der Waals surface area contributed by atoms with E-state index in [4.69, 9.17) is 10.8 Å². The van der Waals surface area contributed by atoms with Gasteiger partial charge in [-0.2, -0.15) is 0 Å². The number of hydrogen-bond acceptors (Lipinski definition) is 2. The van der Waals surface area contributed by atoms with Crippen LogP contribution in [0.15, 0.2) is 0 Å². The first-order valence-corrected chi connectivity index (χ1v) is 5.18. The van der Waals surface area contributed by atoms with Gasteiger partial charge in [0.05, 0.1) is 6.42 Å². The minimum Gasteiger partial charge on any atom is -0.481 e. The van der Waals surface area contributed by atoms with Gasteiger partial charge in [0.1, 0.15) is 0 Å². The Morgan fingerprint density at radius 3 is 2.29 bits per heavy atom. The molecule has 0 heterocycles. The molecule has 0 aromatic carbocycles. The molecule has 0 aromatic rings. The molecule has 0 radical (unpaired) electrons. The van der Waals surface area contributed by atoms with Gasteiger partial charge in [0, 0.05) is 6.04 Å². The van der Waals surface area contributed by atoms with Gasteiger partial charge in [0.2, 0.25) is 0 Å². The van der Waals surface area contributed by atoms with Crippen molar-refractivity contribution < 1.29 is 9.90 Å². The smallest absolute Gasteiger partial charge is 0.304 e. The lowest BCUT2D eigenvalue weighted by Gasteiger charge is -2.24. The van der Waals surface area contributed by atoms with Gasteiger partial charge in [-0.25, -0.2) is 0 Å². The first-order valence-electron chi connectivity index (χ1n) is 5.18. The molecule has 0 rings (SSSR count). The zero-order valence-electron chi connectivity index (χ0n) is 9.71. The Balaban J connectivity index is 3.82. The SMILES string of the molecule is C[C@@H](C[C@H](N)CC(=O)O)CC(C)(C)C. The van der Waals surface area contributed by atoms with Crippen molar-refractivity contribution in [1.82, 2.24) is 0 Å². The van der Waals surface area contributed by atoms with Crippen LogP contribution in [0.1, 0.15) is 47.0 Å². The van der Waals surface area contributed by atoms with Crippen molar-refractivity contribution in [1.29, 1.82) is 0 Å². The Kier molecular flexibility index (Phi) is 5.13. The summed E-state index contributed by atoms with van der Waals surface area (Å²) in [6.45, 7) is 8.69. The van der Waals surface area contributed by atoms with E-state index in [1.807, 2.05) is 0 Å². The largest absolute Gasteiger partial charge is 0.481 e. The zero-order valence-corrected chi connectivity index (χ0v) is 9.71. The number of rotatable bonds is 5. The van der Waals surface area contributed by atoms with E-state index in [1.54, 1.807) is 0 Å². The van der Waals surface area contributed by atoms with Crippen LogP contribution in [-0.2, 0) is 4.79 Å². The van der Waals surface area contributed by atoms with Gasteiger partial charge < -0.3 is 10.8 Å². The standard InChI is InChI=1S/C11H23NO2/c1-8(7-11(2,3)4)5-9(12)6-10(13)14/h8-9H,5-7,12H2,1-4H3,(H,13,14)/t8-,9-/m0/s1. The fourth-order valence-electron chi connectivity index (χ4n) is 1.95. The lowest BCUT2D eigenvalue weighted by atomic mass is 9.83. The van der Waals surface area contributed by atoms with Gasteiger partial charge in [0.25, 0.3) is 0 Å². The van der Waals surface area contributed by atoms with Gasteiger partial charge in [-0.05, 0) is 24.2 Å². The number of carbonyl (C=O) groups is 1. The zero-order chi connectivity index (χ0) is 11.4. The molecule has 0 fully saturated rings. The average Bonchev–Trinajstić information content (AvgIpc) is 1.77. The summed E-state index contributed by atoms with van der Waals surface area (Å²) in [6.07, 6.45) is 1.96. The molecular weight excluding hydrogens is 178 g/mol. The van der Waals surface area contributed by atoms with Crippen LogP contribution in [0.2, 0.25) is 0 Å². The molecule has 14 heavy (non-hydrogen) atoms. The monoisotopic (exact) mass is 201 g/mol. The van der Waals surface area contributed by atoms with Crippen molar-refractivity contribution in [3.8, 4) is 0 Å². The predicted molar refractivity (Wildman–Crippen MR) is 58.1 cm³/mol. The minimum absolute atomic E-state index is 0.0779. The number of carboxylic acid groups (broad SMARTS) is 1. The highest BCUT2D eigenvalue weighted by atomic mass is 16.4. The van der Waals surface area contributed by atoms with Crippen LogP contribution < -0.4 is 5.73 Å². The molecule has 0 aliphatic carbocycles. The van der Waals surface area contributed by atoms with Crippen molar-refractivity contribution >= 4 is 5.97 Å². The normalized spacial score (nSPS) is 16.4. The first kappa shape index (κ1) is 13.4. The van der Waals surface area contributed by atoms with Gasteiger partial charge in [-0.3, -0.25) is 4.79 Å². The molecule has 0 saturated heterocycles. The molecule has 2 atom stereocenters. The summed E-state index contributed by atoms with van der Waals surface area (Å²) in [7, 11) is 0. The fraction of sp³-hybridized carbons (Fsp3) is 0.909. The number of hydrogen-bond donors (Lipinski definition) is 2. The summed E-state index contributed by atoms with van der Waals surface area (Å²) in [5.41, 5.74) is 6.01. The molecule has 0 aromatic heterocycles. The van der Waals surface area contributed by atoms with Gasteiger partial charge in [0.15, 0.2) is 0 Å². The molecule has 3 N–H and O–H groups in total. The van der Waals surface area contributed by atoms with Crippen molar-refractivity contribution in [3.05, 3.63) is 0 Å². The van der Waals surface area contributed by atoms with Crippen molar-refractivity contribution in [2.45, 2.75) is 53.0 Å². The number of aliphatic carboxylic acids is 1. The maximum absolute atomic E-state index is 10.4. The van der Waals surface area contributed by atoms with Crippen molar-refractivity contribution in [3.63, 3.8) is 0 Å². The summed E-state index contributed by atoms with van der Waals surface area (Å²) in [6, 6.07) is -0.204. The van der Waals surface area contributed by atoms with Crippen LogP contribution in [0.3, 0.4) is 0 Å². The molecule has 3 nitrogen and oxygen atoms in total. The average molecular weight is 201 g/mol. The van der Waals surface area contributed by atoms with Gasteiger partial charge in [-0.15, -0.1) is 0 Å². The second kappa shape index (κ2) is 5.35. The summed E-state index contributed by atoms with van der Waals surface area (Å²) in [5, 5.41) is 8.55. The van der Waals surface area contributed by atoms with Crippen molar-refractivity contribution in [2.75, 3.05) is 0 Å². The van der Waals surface area contributed by atoms with E-state index < -0.39 is 5.97 Å². The Labute approximate surface area is 86.7 Å². The van der Waals surface area contributed by atoms with E-state index >= 15 is 0 Å². The third-order valence-corrected chi connectivity index (χ3v) is 2.10. The molecule has 84 valence electrons. The second-order valence-electron chi connectivity index (χ2n) is 5.46. The summed E-state index contributed by atoms with van der Waals surface area (Å²) in [5.74, 6) is -0.315. The minimum atomic E-state index is -0.805. The Morgan fingerprint density at radius 1 is 1.43 bits per heavy atom. The van der Waals surface area contributed by atoms with Gasteiger partial charge >= 0.3 is 5.97 Å². The Morgan fingerprint density at radius 2 is 1.93 bits per heavy atom. The Bertz CT molecular complexity index is 184. The van der Waals surface area contributed by atoms with Crippen LogP contribution in [-0.4, -0.2) is 17.1 Å². The molecule has 0 amide bonds. The fourth-order valence-corrected chi connectivity index (χ4v) is 1.95. The third-order valence-electron chi connectivity index (χ3n) is 2.10. The topological polar surface area (TPSA) is 63.3 Å². The summed E-state index contributed by atoms with van der Waals surface area (Å²) < 4.78 is 0. The molecule has 0 aliphatic heterocycles. The first-order chi connectivity index (χ1) is 6.20. The summed E-state index contributed by atoms with van der Waals surface area (Å²) in [4.78, 5) is 10.4. The van der Waals surface area contributed by atoms with E-state index in [2.05, 4.69) is 27.7 Å². The lowest BCUT2D eigenvalue weighted by Crippen LogP contribution is -2.27. The third kappa shape index (κ3) is 8.05. The lowest BCUT2D eigenvalue weighted by molar-refractivity contribution is -0.137. The van der Waals surface area contributed by atoms with E-state index in [1.165, 1.54) is 0 Å². The maximum Gasteiger partial charge on any atom is 0.304 e. The molecule has 0 saturated carbocycles. The van der Waals surface area contributed by atoms with Crippen LogP contribution in [0.25, 0.3) is 0 Å². The van der Waals surface area contributed by atoms with Gasteiger partial charge in [-0.1, -0.05) is 27.7 Å². The van der Waals surface area contributed by atoms with Crippen LogP contribution in [0.5, 0.6) is 0 Å². The quantitative estimate of drug-likeness (QED) is 0.717. The maximum atomic E-state index is 10.4. The van der Waals surface area contributed by atoms with E-state index in [9.17, 15) is 4.79 Å². The van der Waals surface area contributed by atoms with E-state index in [0.29, 0.717) is 11.3 Å². The van der Waals surface area contributed by atoms with Crippen LogP contribution in [0.4, 0.5) is 0 Å². The summed E-state index contributed by atoms with van der Waals surface area (Å²) >= 11 is 0. The molecule has 3 heteroatoms. The van der Waals surface area contributed by atoms with E-state index in [-0.39, 0.29) is 12.5 Å². The highest BCUT2D eigenvalue weighted by Gasteiger charge is 2.18. The molecular formula is C11H23NO2. The molecule has 0 aliphatic rings. The Hall–Kier alpha value is -0.570. The molecule has 0 bridgehead atoms. The van der Waals surface area contributed by atoms with Crippen LogP contribution in [0, 0.1) is 11.3 Å². The van der Waals surface area contributed by atoms with Crippen molar-refractivity contribution in [2.24, 2.45) is 17.1 Å². The number of carboxylic acids is 1. The van der Waals surface area contributed by atoms with Crippen LogP contribution >= 0.6 is 0 Å². The molecule has 0 unspecified atom stereocenters. The molecule has 0 spiro atoms. The highest BCUT2D eigenvalue weighted by molar-refractivity contribution is 5.67. The number of nitrogens with two attached hydrogens (primary N) is 1. The second-order valence-corrected chi connectivity index (χ2v) is 5.46. The predicted octanol–water partition coefficient (Wildman–Crippen LogP) is 2.25. The van der Waals surface area contributed by atoms with E-state index in [0.717, 1.165) is 12.8 Å².